The summed E-state index contributed by atoms with van der Waals surface area (Å²) in [5.41, 5.74) is 1.24. The van der Waals surface area contributed by atoms with Crippen LogP contribution in [0.1, 0.15) is 24.5 Å². The zero-order chi connectivity index (χ0) is 22.1. The highest BCUT2D eigenvalue weighted by atomic mass is 35.5. The molecule has 9 heteroatoms. The molecule has 0 aliphatic heterocycles. The van der Waals surface area contributed by atoms with Gasteiger partial charge in [-0.05, 0) is 44.0 Å². The zero-order valence-corrected chi connectivity index (χ0v) is 18.1. The lowest BCUT2D eigenvalue weighted by atomic mass is 10.1. The van der Waals surface area contributed by atoms with Crippen LogP contribution in [0.4, 0.5) is 0 Å². The Morgan fingerprint density at radius 1 is 1.17 bits per heavy atom. The Morgan fingerprint density at radius 3 is 2.47 bits per heavy atom. The van der Waals surface area contributed by atoms with Gasteiger partial charge in [-0.15, -0.1) is 0 Å². The number of sulfonamides is 1. The van der Waals surface area contributed by atoms with Crippen LogP contribution < -0.4 is 15.1 Å². The smallest absolute Gasteiger partial charge is 0.336 e. The second-order valence-electron chi connectivity index (χ2n) is 6.84. The number of halogens is 1. The Bertz CT molecular complexity index is 1270. The van der Waals surface area contributed by atoms with E-state index >= 15 is 0 Å². The highest BCUT2D eigenvalue weighted by molar-refractivity contribution is 7.89. The third-order valence-corrected chi connectivity index (χ3v) is 6.32. The van der Waals surface area contributed by atoms with E-state index in [1.807, 2.05) is 6.92 Å². The Labute approximate surface area is 178 Å². The van der Waals surface area contributed by atoms with Crippen LogP contribution in [0.3, 0.4) is 0 Å². The van der Waals surface area contributed by atoms with Crippen LogP contribution in [0.5, 0.6) is 5.75 Å². The van der Waals surface area contributed by atoms with Gasteiger partial charge in [0.05, 0.1) is 9.92 Å². The lowest BCUT2D eigenvalue weighted by Crippen LogP contribution is -2.42. The summed E-state index contributed by atoms with van der Waals surface area (Å²) in [6.07, 6.45) is 0.156. The number of nitrogens with one attached hydrogen (secondary N) is 1. The lowest BCUT2D eigenvalue weighted by molar-refractivity contribution is -0.136. The zero-order valence-electron chi connectivity index (χ0n) is 16.6. The van der Waals surface area contributed by atoms with Crippen LogP contribution in [0.2, 0.25) is 5.02 Å². The molecule has 1 aromatic heterocycles. The van der Waals surface area contributed by atoms with Gasteiger partial charge in [0.2, 0.25) is 10.0 Å². The fourth-order valence-electron chi connectivity index (χ4n) is 2.85. The summed E-state index contributed by atoms with van der Waals surface area (Å²) in [6.45, 7) is 5.22. The first-order valence-corrected chi connectivity index (χ1v) is 11.0. The minimum atomic E-state index is -3.93. The maximum Gasteiger partial charge on any atom is 0.336 e. The quantitative estimate of drug-likeness (QED) is 0.349. The van der Waals surface area contributed by atoms with Crippen LogP contribution in [-0.4, -0.2) is 20.4 Å². The van der Waals surface area contributed by atoms with Crippen molar-refractivity contribution in [3.63, 3.8) is 0 Å². The summed E-state index contributed by atoms with van der Waals surface area (Å²) in [4.78, 5) is 24.3. The summed E-state index contributed by atoms with van der Waals surface area (Å²) in [5.74, 6) is -0.861. The van der Waals surface area contributed by atoms with E-state index in [4.69, 9.17) is 20.8 Å². The monoisotopic (exact) mass is 449 g/mol. The number of benzene rings is 2. The maximum absolute atomic E-state index is 12.6. The van der Waals surface area contributed by atoms with Gasteiger partial charge >= 0.3 is 11.6 Å². The van der Waals surface area contributed by atoms with Crippen molar-refractivity contribution in [3.05, 3.63) is 69.0 Å². The van der Waals surface area contributed by atoms with E-state index in [1.54, 1.807) is 26.0 Å². The molecule has 0 amide bonds. The predicted octanol–water partition coefficient (Wildman–Crippen LogP) is 3.73. The molecule has 1 atom stereocenters. The minimum absolute atomic E-state index is 0.0316. The highest BCUT2D eigenvalue weighted by Crippen LogP contribution is 2.31. The molecule has 3 rings (SSSR count). The topological polar surface area (TPSA) is 103 Å². The van der Waals surface area contributed by atoms with Gasteiger partial charge in [-0.1, -0.05) is 36.2 Å². The Morgan fingerprint density at radius 2 is 1.83 bits per heavy atom. The first-order valence-electron chi connectivity index (χ1n) is 9.15. The molecule has 0 aliphatic rings. The third-order valence-electron chi connectivity index (χ3n) is 4.54. The van der Waals surface area contributed by atoms with Gasteiger partial charge in [-0.25, -0.2) is 18.0 Å². The van der Waals surface area contributed by atoms with Crippen LogP contribution in [0, 0.1) is 13.8 Å². The molecular formula is C21H20ClNO6S. The van der Waals surface area contributed by atoms with Crippen molar-refractivity contribution in [3.8, 4) is 5.75 Å². The van der Waals surface area contributed by atoms with Crippen LogP contribution in [0.15, 0.2) is 56.6 Å². The Balaban J connectivity index is 1.85. The molecule has 0 saturated carbocycles. The van der Waals surface area contributed by atoms with Crippen molar-refractivity contribution in [2.45, 2.75) is 38.1 Å². The van der Waals surface area contributed by atoms with E-state index in [0.29, 0.717) is 10.9 Å². The Kier molecular flexibility index (Phi) is 6.30. The van der Waals surface area contributed by atoms with Crippen LogP contribution >= 0.6 is 11.6 Å². The van der Waals surface area contributed by atoms with Gasteiger partial charge in [-0.2, -0.15) is 4.72 Å². The molecule has 1 heterocycles. The van der Waals surface area contributed by atoms with Crippen molar-refractivity contribution in [1.29, 1.82) is 0 Å². The predicted molar refractivity (Wildman–Crippen MR) is 113 cm³/mol. The molecular weight excluding hydrogens is 430 g/mol. The first-order chi connectivity index (χ1) is 14.1. The molecule has 0 saturated heterocycles. The maximum atomic E-state index is 12.6. The van der Waals surface area contributed by atoms with E-state index in [-0.39, 0.29) is 27.7 Å². The van der Waals surface area contributed by atoms with Gasteiger partial charge < -0.3 is 9.15 Å². The molecule has 1 N–H and O–H groups in total. The molecule has 0 aliphatic carbocycles. The van der Waals surface area contributed by atoms with Crippen molar-refractivity contribution in [2.24, 2.45) is 0 Å². The van der Waals surface area contributed by atoms with Crippen molar-refractivity contribution in [2.75, 3.05) is 0 Å². The molecule has 158 valence electrons. The molecule has 0 bridgehead atoms. The first kappa shape index (κ1) is 22.0. The normalized spacial score (nSPS) is 12.7. The molecule has 2 aromatic carbocycles. The molecule has 7 nitrogen and oxygen atoms in total. The lowest BCUT2D eigenvalue weighted by Gasteiger charge is -2.17. The number of ether oxygens (including phenoxy) is 1. The standard InChI is InChI=1S/C21H20ClNO6S/c1-4-17(23-30(26,27)14-7-5-12(2)6-8-14)21(25)29-19-11-18-15(10-16(19)22)13(3)9-20(24)28-18/h5-11,17,23H,4H2,1-3H3/t17-/m1/s1. The summed E-state index contributed by atoms with van der Waals surface area (Å²) in [5, 5.41) is 0.732. The summed E-state index contributed by atoms with van der Waals surface area (Å²) < 4.78 is 38.0. The number of carbonyl (C=O) groups excluding carboxylic acids is 1. The second-order valence-corrected chi connectivity index (χ2v) is 8.96. The number of hydrogen-bond donors (Lipinski definition) is 1. The third kappa shape index (κ3) is 4.72. The average Bonchev–Trinajstić information content (AvgIpc) is 2.67. The van der Waals surface area contributed by atoms with Gasteiger partial charge in [0.1, 0.15) is 11.6 Å². The molecule has 0 radical (unpaired) electrons. The second kappa shape index (κ2) is 8.59. The van der Waals surface area contributed by atoms with Gasteiger partial charge in [0.15, 0.2) is 5.75 Å². The van der Waals surface area contributed by atoms with Crippen molar-refractivity contribution in [1.82, 2.24) is 4.72 Å². The number of carbonyl (C=O) groups is 1. The SMILES string of the molecule is CC[C@@H](NS(=O)(=O)c1ccc(C)cc1)C(=O)Oc1cc2oc(=O)cc(C)c2cc1Cl. The number of hydrogen-bond acceptors (Lipinski definition) is 6. The van der Waals surface area contributed by atoms with Crippen molar-refractivity contribution >= 4 is 38.6 Å². The van der Waals surface area contributed by atoms with Crippen LogP contribution in [0.25, 0.3) is 11.0 Å². The van der Waals surface area contributed by atoms with E-state index in [0.717, 1.165) is 5.56 Å². The van der Waals surface area contributed by atoms with E-state index in [9.17, 15) is 18.0 Å². The number of aryl methyl sites for hydroxylation is 2. The fraction of sp³-hybridized carbons (Fsp3) is 0.238. The average molecular weight is 450 g/mol. The van der Waals surface area contributed by atoms with Gasteiger partial charge in [0, 0.05) is 17.5 Å². The summed E-state index contributed by atoms with van der Waals surface area (Å²) >= 11 is 6.22. The summed E-state index contributed by atoms with van der Waals surface area (Å²) in [7, 11) is -3.93. The molecule has 3 aromatic rings. The largest absolute Gasteiger partial charge is 0.424 e. The van der Waals surface area contributed by atoms with Crippen molar-refractivity contribution < 1.29 is 22.4 Å². The van der Waals surface area contributed by atoms with Gasteiger partial charge in [-0.3, -0.25) is 0 Å². The summed E-state index contributed by atoms with van der Waals surface area (Å²) in [6, 6.07) is 9.31. The molecule has 30 heavy (non-hydrogen) atoms. The Hall–Kier alpha value is -2.68. The minimum Gasteiger partial charge on any atom is -0.424 e. The number of esters is 1. The molecule has 0 spiro atoms. The van der Waals surface area contributed by atoms with Crippen LogP contribution in [-0.2, 0) is 14.8 Å². The number of fused-ring (bicyclic) bond motifs is 1. The van der Waals surface area contributed by atoms with E-state index in [2.05, 4.69) is 4.72 Å². The van der Waals surface area contributed by atoms with E-state index in [1.165, 1.54) is 30.3 Å². The highest BCUT2D eigenvalue weighted by Gasteiger charge is 2.26. The fourth-order valence-corrected chi connectivity index (χ4v) is 4.32. The van der Waals surface area contributed by atoms with Gasteiger partial charge in [0.25, 0.3) is 0 Å². The number of rotatable bonds is 6. The molecule has 0 unspecified atom stereocenters. The molecule has 0 fully saturated rings. The van der Waals surface area contributed by atoms with E-state index < -0.39 is 27.7 Å².